The van der Waals surface area contributed by atoms with Gasteiger partial charge in [0.15, 0.2) is 0 Å². The van der Waals surface area contributed by atoms with E-state index >= 15 is 0 Å². The zero-order valence-electron chi connectivity index (χ0n) is 18.8. The molecule has 0 radical (unpaired) electrons. The Morgan fingerprint density at radius 1 is 0.833 bits per heavy atom. The van der Waals surface area contributed by atoms with E-state index in [4.69, 9.17) is 13.9 Å². The van der Waals surface area contributed by atoms with Crippen molar-refractivity contribution in [3.63, 3.8) is 0 Å². The first-order valence-electron chi connectivity index (χ1n) is 10.8. The predicted molar refractivity (Wildman–Crippen MR) is 128 cm³/mol. The largest absolute Gasteiger partial charge is 0.497 e. The Labute approximate surface area is 202 Å². The Kier molecular flexibility index (Phi) is 5.72. The Morgan fingerprint density at radius 2 is 1.53 bits per heavy atom. The van der Waals surface area contributed by atoms with Crippen LogP contribution in [0.1, 0.15) is 16.1 Å². The van der Waals surface area contributed by atoms with Gasteiger partial charge in [-0.1, -0.05) is 42.5 Å². The number of alkyl halides is 3. The minimum Gasteiger partial charge on any atom is -0.497 e. The molecule has 5 nitrogen and oxygen atoms in total. The predicted octanol–water partition coefficient (Wildman–Crippen LogP) is 6.86. The highest BCUT2D eigenvalue weighted by Crippen LogP contribution is 2.39. The van der Waals surface area contributed by atoms with Crippen molar-refractivity contribution in [2.45, 2.75) is 6.18 Å². The molecule has 0 fully saturated rings. The van der Waals surface area contributed by atoms with Gasteiger partial charge >= 0.3 is 12.1 Å². The van der Waals surface area contributed by atoms with Crippen LogP contribution in [0, 0.1) is 0 Å². The molecule has 8 heteroatoms. The van der Waals surface area contributed by atoms with E-state index in [1.54, 1.807) is 48.5 Å². The number of carbonyl (C=O) groups is 1. The van der Waals surface area contributed by atoms with Crippen LogP contribution in [-0.2, 0) is 6.18 Å². The third-order valence-electron chi connectivity index (χ3n) is 5.72. The fourth-order valence-corrected chi connectivity index (χ4v) is 4.02. The smallest absolute Gasteiger partial charge is 0.450 e. The highest BCUT2D eigenvalue weighted by Gasteiger charge is 2.39. The van der Waals surface area contributed by atoms with Gasteiger partial charge in [0.25, 0.3) is 0 Å². The lowest BCUT2D eigenvalue weighted by Gasteiger charge is -2.14. The highest BCUT2D eigenvalue weighted by atomic mass is 19.4. The van der Waals surface area contributed by atoms with E-state index in [1.807, 2.05) is 0 Å². The molecule has 0 N–H and O–H groups in total. The number of carbonyl (C=O) groups excluding carboxylic acids is 1. The zero-order chi connectivity index (χ0) is 25.4. The molecule has 0 unspecified atom stereocenters. The second-order valence-corrected chi connectivity index (χ2v) is 7.94. The maximum absolute atomic E-state index is 14.1. The summed E-state index contributed by atoms with van der Waals surface area (Å²) >= 11 is 0. The number of rotatable bonds is 4. The third kappa shape index (κ3) is 4.17. The third-order valence-corrected chi connectivity index (χ3v) is 5.72. The van der Waals surface area contributed by atoms with Gasteiger partial charge in [-0.15, -0.1) is 0 Å². The first-order chi connectivity index (χ1) is 17.3. The molecule has 0 aliphatic heterocycles. The summed E-state index contributed by atoms with van der Waals surface area (Å²) in [5.74, 6) is -1.68. The Bertz CT molecular complexity index is 1660. The van der Waals surface area contributed by atoms with Crippen LogP contribution in [0.15, 0.2) is 94.1 Å². The molecular formula is C28H17F3O5. The van der Waals surface area contributed by atoms with Gasteiger partial charge in [0.05, 0.1) is 23.6 Å². The van der Waals surface area contributed by atoms with Gasteiger partial charge in [0.2, 0.25) is 11.2 Å². The zero-order valence-corrected chi connectivity index (χ0v) is 18.8. The van der Waals surface area contributed by atoms with Gasteiger partial charge in [-0.2, -0.15) is 13.2 Å². The van der Waals surface area contributed by atoms with E-state index in [1.165, 1.54) is 37.4 Å². The lowest BCUT2D eigenvalue weighted by Crippen LogP contribution is -2.16. The van der Waals surface area contributed by atoms with Crippen molar-refractivity contribution in [2.24, 2.45) is 0 Å². The molecule has 4 aromatic carbocycles. The maximum Gasteiger partial charge on any atom is 0.450 e. The van der Waals surface area contributed by atoms with Crippen molar-refractivity contribution in [2.75, 3.05) is 7.11 Å². The summed E-state index contributed by atoms with van der Waals surface area (Å²) in [6.45, 7) is 0. The van der Waals surface area contributed by atoms with Crippen molar-refractivity contribution in [3.05, 3.63) is 106 Å². The van der Waals surface area contributed by atoms with Gasteiger partial charge in [-0.3, -0.25) is 4.79 Å². The number of fused-ring (bicyclic) bond motifs is 2. The van der Waals surface area contributed by atoms with Crippen LogP contribution < -0.4 is 14.9 Å². The number of halogens is 3. The van der Waals surface area contributed by atoms with Crippen molar-refractivity contribution in [3.8, 4) is 22.6 Å². The number of ether oxygens (including phenoxy) is 2. The first-order valence-corrected chi connectivity index (χ1v) is 10.8. The second kappa shape index (κ2) is 8.88. The SMILES string of the molecule is COc1ccc(C(=O)Oc2ccc3c(=O)c(-c4cccc5ccccc45)c(C(F)(F)F)oc3c2)cc1. The van der Waals surface area contributed by atoms with Crippen LogP contribution in [0.5, 0.6) is 11.5 Å². The molecule has 0 aliphatic rings. The van der Waals surface area contributed by atoms with Crippen molar-refractivity contribution in [1.82, 2.24) is 0 Å². The molecule has 36 heavy (non-hydrogen) atoms. The van der Waals surface area contributed by atoms with E-state index in [-0.39, 0.29) is 27.8 Å². The minimum absolute atomic E-state index is 0.0718. The number of hydrogen-bond donors (Lipinski definition) is 0. The first kappa shape index (κ1) is 23.2. The molecule has 0 saturated heterocycles. The normalized spacial score (nSPS) is 11.6. The van der Waals surface area contributed by atoms with Gasteiger partial charge in [-0.05, 0) is 52.7 Å². The molecule has 0 bridgehead atoms. The second-order valence-electron chi connectivity index (χ2n) is 7.94. The summed E-state index contributed by atoms with van der Waals surface area (Å²) in [4.78, 5) is 25.8. The minimum atomic E-state index is -4.95. The van der Waals surface area contributed by atoms with Gasteiger partial charge in [0, 0.05) is 6.07 Å². The molecule has 0 saturated carbocycles. The van der Waals surface area contributed by atoms with Crippen LogP contribution in [0.4, 0.5) is 13.2 Å². The maximum atomic E-state index is 14.1. The molecule has 1 heterocycles. The molecular weight excluding hydrogens is 473 g/mol. The fourth-order valence-electron chi connectivity index (χ4n) is 4.02. The highest BCUT2D eigenvalue weighted by molar-refractivity contribution is 5.99. The average molecular weight is 490 g/mol. The molecule has 180 valence electrons. The monoisotopic (exact) mass is 490 g/mol. The number of methoxy groups -OCH3 is 1. The topological polar surface area (TPSA) is 65.7 Å². The van der Waals surface area contributed by atoms with Crippen LogP contribution in [0.3, 0.4) is 0 Å². The quantitative estimate of drug-likeness (QED) is 0.203. The Balaban J connectivity index is 1.63. The summed E-state index contributed by atoms with van der Waals surface area (Å²) in [5.41, 5.74) is -1.44. The molecule has 5 rings (SSSR count). The summed E-state index contributed by atoms with van der Waals surface area (Å²) in [5, 5.41) is 1.10. The Hall–Kier alpha value is -4.59. The summed E-state index contributed by atoms with van der Waals surface area (Å²) in [7, 11) is 1.48. The molecule has 1 aromatic heterocycles. The molecule has 0 spiro atoms. The van der Waals surface area contributed by atoms with E-state index in [0.717, 1.165) is 6.07 Å². The van der Waals surface area contributed by atoms with Crippen LogP contribution in [0.25, 0.3) is 32.9 Å². The van der Waals surface area contributed by atoms with E-state index < -0.39 is 28.9 Å². The van der Waals surface area contributed by atoms with Crippen molar-refractivity contribution >= 4 is 27.7 Å². The van der Waals surface area contributed by atoms with Crippen molar-refractivity contribution in [1.29, 1.82) is 0 Å². The van der Waals surface area contributed by atoms with E-state index in [2.05, 4.69) is 0 Å². The van der Waals surface area contributed by atoms with Crippen molar-refractivity contribution < 1.29 is 31.9 Å². The lowest BCUT2D eigenvalue weighted by atomic mass is 9.96. The van der Waals surface area contributed by atoms with Gasteiger partial charge in [0.1, 0.15) is 17.1 Å². The van der Waals surface area contributed by atoms with E-state index in [9.17, 15) is 22.8 Å². The number of hydrogen-bond acceptors (Lipinski definition) is 5. The summed E-state index contributed by atoms with van der Waals surface area (Å²) < 4.78 is 57.9. The molecule has 0 amide bonds. The van der Waals surface area contributed by atoms with Gasteiger partial charge in [-0.25, -0.2) is 4.79 Å². The van der Waals surface area contributed by atoms with Crippen LogP contribution in [-0.4, -0.2) is 13.1 Å². The average Bonchev–Trinajstić information content (AvgIpc) is 2.88. The Morgan fingerprint density at radius 3 is 2.25 bits per heavy atom. The van der Waals surface area contributed by atoms with Gasteiger partial charge < -0.3 is 13.9 Å². The van der Waals surface area contributed by atoms with Crippen LogP contribution in [0.2, 0.25) is 0 Å². The lowest BCUT2D eigenvalue weighted by molar-refractivity contribution is -0.152. The fraction of sp³-hybridized carbons (Fsp3) is 0.0714. The van der Waals surface area contributed by atoms with E-state index in [0.29, 0.717) is 16.5 Å². The van der Waals surface area contributed by atoms with Crippen LogP contribution >= 0.6 is 0 Å². The molecule has 0 aliphatic carbocycles. The molecule has 0 atom stereocenters. The standard InChI is InChI=1S/C28H17F3O5/c1-34-18-11-9-17(10-12-18)27(33)35-19-13-14-22-23(15-19)36-26(28(29,30)31)24(25(22)32)21-8-4-6-16-5-2-3-7-20(16)21/h2-15H,1H3. The molecule has 5 aromatic rings. The summed E-state index contributed by atoms with van der Waals surface area (Å²) in [6.07, 6.45) is -4.95. The number of benzene rings is 4. The summed E-state index contributed by atoms with van der Waals surface area (Å²) in [6, 6.07) is 21.5. The number of esters is 1.